The summed E-state index contributed by atoms with van der Waals surface area (Å²) in [6, 6.07) is 3.55. The molecule has 1 N–H and O–H groups in total. The Morgan fingerprint density at radius 2 is 2.06 bits per heavy atom. The topological polar surface area (TPSA) is 40.5 Å². The molecule has 3 nitrogen and oxygen atoms in total. The van der Waals surface area contributed by atoms with Crippen molar-refractivity contribution in [1.82, 2.24) is 4.90 Å². The maximum atomic E-state index is 13.5. The first-order chi connectivity index (χ1) is 8.50. The Bertz CT molecular complexity index is 444. The number of carbonyl (C=O) groups is 1. The van der Waals surface area contributed by atoms with Crippen LogP contribution in [0.25, 0.3) is 0 Å². The van der Waals surface area contributed by atoms with Gasteiger partial charge in [0.1, 0.15) is 11.6 Å². The van der Waals surface area contributed by atoms with Crippen molar-refractivity contribution >= 4 is 5.97 Å². The molecule has 98 valence electrons. The quantitative estimate of drug-likeness (QED) is 0.900. The molecule has 0 amide bonds. The lowest BCUT2D eigenvalue weighted by Gasteiger charge is -2.23. The average molecular weight is 255 g/mol. The SMILES string of the molecule is CC1C(C(=O)O)CCN1Cc1c(F)cccc1F. The van der Waals surface area contributed by atoms with Crippen molar-refractivity contribution < 1.29 is 18.7 Å². The number of hydrogen-bond acceptors (Lipinski definition) is 2. The van der Waals surface area contributed by atoms with E-state index >= 15 is 0 Å². The van der Waals surface area contributed by atoms with Gasteiger partial charge in [0.25, 0.3) is 0 Å². The van der Waals surface area contributed by atoms with Crippen LogP contribution in [0.15, 0.2) is 18.2 Å². The molecular formula is C13H15F2NO2. The Morgan fingerprint density at radius 3 is 2.56 bits per heavy atom. The Hall–Kier alpha value is -1.49. The first kappa shape index (κ1) is 13.0. The van der Waals surface area contributed by atoms with Crippen molar-refractivity contribution in [3.8, 4) is 0 Å². The number of benzene rings is 1. The lowest BCUT2D eigenvalue weighted by molar-refractivity contribution is -0.142. The summed E-state index contributed by atoms with van der Waals surface area (Å²) >= 11 is 0. The smallest absolute Gasteiger partial charge is 0.308 e. The normalized spacial score (nSPS) is 24.4. The van der Waals surface area contributed by atoms with Gasteiger partial charge in [-0.15, -0.1) is 0 Å². The second-order valence-electron chi connectivity index (χ2n) is 4.64. The summed E-state index contributed by atoms with van der Waals surface area (Å²) in [5.41, 5.74) is 0.00962. The van der Waals surface area contributed by atoms with Crippen LogP contribution in [0, 0.1) is 17.6 Å². The zero-order valence-corrected chi connectivity index (χ0v) is 10.1. The lowest BCUT2D eigenvalue weighted by atomic mass is 10.0. The molecule has 18 heavy (non-hydrogen) atoms. The van der Waals surface area contributed by atoms with Crippen LogP contribution in [0.1, 0.15) is 18.9 Å². The highest BCUT2D eigenvalue weighted by Gasteiger charge is 2.35. The maximum absolute atomic E-state index is 13.5. The first-order valence-electron chi connectivity index (χ1n) is 5.90. The van der Waals surface area contributed by atoms with Crippen molar-refractivity contribution in [2.24, 2.45) is 5.92 Å². The minimum absolute atomic E-state index is 0.00962. The molecule has 0 aliphatic carbocycles. The molecule has 1 aliphatic heterocycles. The van der Waals surface area contributed by atoms with Crippen molar-refractivity contribution in [3.05, 3.63) is 35.4 Å². The van der Waals surface area contributed by atoms with Crippen LogP contribution in [-0.4, -0.2) is 28.6 Å². The molecule has 0 aromatic heterocycles. The van der Waals surface area contributed by atoms with E-state index in [2.05, 4.69) is 0 Å². The molecule has 2 atom stereocenters. The van der Waals surface area contributed by atoms with Gasteiger partial charge in [-0.2, -0.15) is 0 Å². The minimum atomic E-state index is -0.848. The van der Waals surface area contributed by atoms with Crippen molar-refractivity contribution in [1.29, 1.82) is 0 Å². The van der Waals surface area contributed by atoms with Gasteiger partial charge < -0.3 is 5.11 Å². The van der Waals surface area contributed by atoms with Crippen LogP contribution in [0.5, 0.6) is 0 Å². The van der Waals surface area contributed by atoms with E-state index in [0.29, 0.717) is 13.0 Å². The Labute approximate surface area is 104 Å². The molecule has 0 spiro atoms. The zero-order chi connectivity index (χ0) is 13.3. The largest absolute Gasteiger partial charge is 0.481 e. The van der Waals surface area contributed by atoms with E-state index in [-0.39, 0.29) is 18.2 Å². The highest BCUT2D eigenvalue weighted by molar-refractivity contribution is 5.71. The standard InChI is InChI=1S/C13H15F2NO2/c1-8-9(13(17)18)5-6-16(8)7-10-11(14)3-2-4-12(10)15/h2-4,8-9H,5-7H2,1H3,(H,17,18). The third-order valence-electron chi connectivity index (χ3n) is 3.63. The summed E-state index contributed by atoms with van der Waals surface area (Å²) in [5.74, 6) is -2.47. The fraction of sp³-hybridized carbons (Fsp3) is 0.462. The molecule has 1 heterocycles. The van der Waals surface area contributed by atoms with E-state index in [9.17, 15) is 13.6 Å². The first-order valence-corrected chi connectivity index (χ1v) is 5.90. The fourth-order valence-corrected chi connectivity index (χ4v) is 2.44. The molecule has 2 unspecified atom stereocenters. The van der Waals surface area contributed by atoms with E-state index in [4.69, 9.17) is 5.11 Å². The number of halogens is 2. The van der Waals surface area contributed by atoms with Crippen molar-refractivity contribution in [2.45, 2.75) is 25.9 Å². The number of nitrogens with zero attached hydrogens (tertiary/aromatic N) is 1. The summed E-state index contributed by atoms with van der Waals surface area (Å²) in [5, 5.41) is 9.00. The highest BCUT2D eigenvalue weighted by Crippen LogP contribution is 2.27. The second-order valence-corrected chi connectivity index (χ2v) is 4.64. The van der Waals surface area contributed by atoms with Gasteiger partial charge in [0.05, 0.1) is 5.92 Å². The van der Waals surface area contributed by atoms with Gasteiger partial charge in [0.2, 0.25) is 0 Å². The fourth-order valence-electron chi connectivity index (χ4n) is 2.44. The molecule has 5 heteroatoms. The predicted octanol–water partition coefficient (Wildman–Crippen LogP) is 2.26. The number of rotatable bonds is 3. The van der Waals surface area contributed by atoms with Gasteiger partial charge in [0, 0.05) is 18.2 Å². The molecule has 0 saturated carbocycles. The van der Waals surface area contributed by atoms with E-state index in [1.807, 2.05) is 0 Å². The van der Waals surface area contributed by atoms with Gasteiger partial charge in [-0.3, -0.25) is 9.69 Å². The Balaban J connectivity index is 2.14. The zero-order valence-electron chi connectivity index (χ0n) is 10.1. The molecule has 0 bridgehead atoms. The van der Waals surface area contributed by atoms with Crippen LogP contribution < -0.4 is 0 Å². The number of likely N-dealkylation sites (tertiary alicyclic amines) is 1. The monoisotopic (exact) mass is 255 g/mol. The van der Waals surface area contributed by atoms with E-state index in [1.54, 1.807) is 11.8 Å². The predicted molar refractivity (Wildman–Crippen MR) is 62.0 cm³/mol. The number of carboxylic acid groups (broad SMARTS) is 1. The van der Waals surface area contributed by atoms with Gasteiger partial charge in [-0.25, -0.2) is 8.78 Å². The third kappa shape index (κ3) is 2.36. The Morgan fingerprint density at radius 1 is 1.44 bits per heavy atom. The molecule has 1 fully saturated rings. The summed E-state index contributed by atoms with van der Waals surface area (Å²) in [6.45, 7) is 2.44. The average Bonchev–Trinajstić information content (AvgIpc) is 2.66. The molecular weight excluding hydrogens is 240 g/mol. The van der Waals surface area contributed by atoms with Gasteiger partial charge in [-0.05, 0) is 32.0 Å². The molecule has 1 aromatic carbocycles. The summed E-state index contributed by atoms with van der Waals surface area (Å²) in [6.07, 6.45) is 0.520. The number of carboxylic acids is 1. The Kier molecular flexibility index (Phi) is 3.61. The van der Waals surface area contributed by atoms with E-state index in [0.717, 1.165) is 0 Å². The van der Waals surface area contributed by atoms with E-state index < -0.39 is 23.5 Å². The van der Waals surface area contributed by atoms with Crippen LogP contribution in [-0.2, 0) is 11.3 Å². The van der Waals surface area contributed by atoms with Gasteiger partial charge in [0.15, 0.2) is 0 Å². The number of hydrogen-bond donors (Lipinski definition) is 1. The second kappa shape index (κ2) is 5.02. The minimum Gasteiger partial charge on any atom is -0.481 e. The van der Waals surface area contributed by atoms with Gasteiger partial charge >= 0.3 is 5.97 Å². The van der Waals surface area contributed by atoms with E-state index in [1.165, 1.54) is 18.2 Å². The highest BCUT2D eigenvalue weighted by atomic mass is 19.1. The van der Waals surface area contributed by atoms with Crippen LogP contribution in [0.2, 0.25) is 0 Å². The van der Waals surface area contributed by atoms with Gasteiger partial charge in [-0.1, -0.05) is 6.07 Å². The number of aliphatic carboxylic acids is 1. The van der Waals surface area contributed by atoms with Crippen molar-refractivity contribution in [3.63, 3.8) is 0 Å². The van der Waals surface area contributed by atoms with Crippen molar-refractivity contribution in [2.75, 3.05) is 6.54 Å². The molecule has 1 aromatic rings. The molecule has 1 saturated heterocycles. The third-order valence-corrected chi connectivity index (χ3v) is 3.63. The summed E-state index contributed by atoms with van der Waals surface area (Å²) in [7, 11) is 0. The molecule has 1 aliphatic rings. The van der Waals surface area contributed by atoms with Crippen LogP contribution >= 0.6 is 0 Å². The molecule has 2 rings (SSSR count). The summed E-state index contributed by atoms with van der Waals surface area (Å²) < 4.78 is 27.0. The van der Waals surface area contributed by atoms with Crippen LogP contribution in [0.4, 0.5) is 8.78 Å². The maximum Gasteiger partial charge on any atom is 0.308 e. The molecule has 0 radical (unpaired) electrons. The van der Waals surface area contributed by atoms with Crippen LogP contribution in [0.3, 0.4) is 0 Å². The summed E-state index contributed by atoms with van der Waals surface area (Å²) in [4.78, 5) is 12.8. The lowest BCUT2D eigenvalue weighted by Crippen LogP contribution is -2.33.